The fraction of sp³-hybridized carbons (Fsp3) is 0.318. The minimum atomic E-state index is -1.31. The van der Waals surface area contributed by atoms with Gasteiger partial charge in [0.05, 0.1) is 0 Å². The van der Waals surface area contributed by atoms with Gasteiger partial charge in [0.1, 0.15) is 6.54 Å². The van der Waals surface area contributed by atoms with Gasteiger partial charge in [-0.1, -0.05) is 59.4 Å². The summed E-state index contributed by atoms with van der Waals surface area (Å²) in [6.07, 6.45) is 5.11. The van der Waals surface area contributed by atoms with Gasteiger partial charge in [-0.25, -0.2) is 4.79 Å². The van der Waals surface area contributed by atoms with Gasteiger partial charge in [0.2, 0.25) is 12.0 Å². The Morgan fingerprint density at radius 2 is 2.00 bits per heavy atom. The number of hydrogen-bond acceptors (Lipinski definition) is 4. The van der Waals surface area contributed by atoms with Crippen molar-refractivity contribution in [1.29, 1.82) is 0 Å². The Morgan fingerprint density at radius 3 is 2.71 bits per heavy atom. The Labute approximate surface area is 164 Å². The zero-order valence-corrected chi connectivity index (χ0v) is 15.7. The van der Waals surface area contributed by atoms with Crippen LogP contribution in [0.2, 0.25) is 0 Å². The highest BCUT2D eigenvalue weighted by Crippen LogP contribution is 2.14. The largest absolute Gasteiger partial charge is 0.478 e. The standard InChI is InChI=1S/C22H23NO5/c1-16-8-10-17(11-9-16)12-13-20(24)23-15-21(25)28-19(22(26)27)14-18-6-4-2-3-5-7-18/h2,4,6,8-11,19H,7,12-15H2,1H3,(H,23,24)(H,26,27). The van der Waals surface area contributed by atoms with Gasteiger partial charge in [0.15, 0.2) is 0 Å². The average molecular weight is 381 g/mol. The van der Waals surface area contributed by atoms with Crippen LogP contribution in [0.15, 0.2) is 48.1 Å². The summed E-state index contributed by atoms with van der Waals surface area (Å²) < 4.78 is 5.02. The van der Waals surface area contributed by atoms with E-state index in [9.17, 15) is 19.5 Å². The van der Waals surface area contributed by atoms with Crippen LogP contribution < -0.4 is 5.32 Å². The fourth-order valence-electron chi connectivity index (χ4n) is 2.54. The molecule has 0 spiro atoms. The molecule has 6 nitrogen and oxygen atoms in total. The van der Waals surface area contributed by atoms with Crippen molar-refractivity contribution in [2.75, 3.05) is 6.54 Å². The summed E-state index contributed by atoms with van der Waals surface area (Å²) in [7, 11) is 0. The number of benzene rings is 1. The SMILES string of the molecule is Cc1ccc(CCC(=O)NCC(=O)OC(CC2=CC=CC#CC2)C(=O)O)cc1. The number of carboxylic acid groups (broad SMARTS) is 1. The van der Waals surface area contributed by atoms with Gasteiger partial charge >= 0.3 is 11.9 Å². The summed E-state index contributed by atoms with van der Waals surface area (Å²) in [5, 5.41) is 11.8. The third-order valence-electron chi connectivity index (χ3n) is 4.12. The molecule has 1 amide bonds. The fourth-order valence-corrected chi connectivity index (χ4v) is 2.54. The summed E-state index contributed by atoms with van der Waals surface area (Å²) in [6, 6.07) is 7.86. The molecule has 0 aromatic heterocycles. The third kappa shape index (κ3) is 7.50. The van der Waals surface area contributed by atoms with Crippen LogP contribution in [-0.4, -0.2) is 35.6 Å². The van der Waals surface area contributed by atoms with Crippen molar-refractivity contribution in [1.82, 2.24) is 5.32 Å². The molecule has 0 radical (unpaired) electrons. The minimum Gasteiger partial charge on any atom is -0.478 e. The molecule has 2 N–H and O–H groups in total. The van der Waals surface area contributed by atoms with Crippen molar-refractivity contribution >= 4 is 17.8 Å². The Bertz CT molecular complexity index is 840. The molecule has 1 aliphatic rings. The zero-order chi connectivity index (χ0) is 20.4. The summed E-state index contributed by atoms with van der Waals surface area (Å²) in [5.41, 5.74) is 2.94. The van der Waals surface area contributed by atoms with Gasteiger partial charge < -0.3 is 15.2 Å². The lowest BCUT2D eigenvalue weighted by atomic mass is 10.1. The molecule has 6 heteroatoms. The molecule has 0 fully saturated rings. The van der Waals surface area contributed by atoms with E-state index in [1.807, 2.05) is 31.2 Å². The van der Waals surface area contributed by atoms with Gasteiger partial charge in [-0.15, -0.1) is 0 Å². The van der Waals surface area contributed by atoms with Gasteiger partial charge in [-0.05, 0) is 25.0 Å². The highest BCUT2D eigenvalue weighted by atomic mass is 16.6. The maximum atomic E-state index is 11.9. The molecule has 1 unspecified atom stereocenters. The van der Waals surface area contributed by atoms with Crippen molar-refractivity contribution in [3.63, 3.8) is 0 Å². The topological polar surface area (TPSA) is 92.7 Å². The maximum Gasteiger partial charge on any atom is 0.345 e. The second-order valence-electron chi connectivity index (χ2n) is 6.47. The lowest BCUT2D eigenvalue weighted by molar-refractivity contribution is -0.163. The minimum absolute atomic E-state index is 0.0570. The van der Waals surface area contributed by atoms with E-state index >= 15 is 0 Å². The van der Waals surface area contributed by atoms with Gasteiger partial charge in [-0.3, -0.25) is 9.59 Å². The van der Waals surface area contributed by atoms with Crippen molar-refractivity contribution in [2.45, 2.75) is 38.7 Å². The van der Waals surface area contributed by atoms with E-state index in [1.165, 1.54) is 0 Å². The first-order chi connectivity index (χ1) is 13.4. The first kappa shape index (κ1) is 21.0. The van der Waals surface area contributed by atoms with E-state index in [2.05, 4.69) is 17.2 Å². The van der Waals surface area contributed by atoms with Crippen molar-refractivity contribution in [3.8, 4) is 11.8 Å². The number of aliphatic carboxylic acids is 1. The molecular weight excluding hydrogens is 358 g/mol. The molecular formula is C22H23NO5. The monoisotopic (exact) mass is 381 g/mol. The van der Waals surface area contributed by atoms with Crippen LogP contribution in [0.25, 0.3) is 0 Å². The first-order valence-electron chi connectivity index (χ1n) is 9.01. The molecule has 146 valence electrons. The Balaban J connectivity index is 1.76. The lowest BCUT2D eigenvalue weighted by Crippen LogP contribution is -2.35. The van der Waals surface area contributed by atoms with Crippen LogP contribution in [0.4, 0.5) is 0 Å². The van der Waals surface area contributed by atoms with E-state index in [4.69, 9.17) is 4.74 Å². The third-order valence-corrected chi connectivity index (χ3v) is 4.12. The summed E-state index contributed by atoms with van der Waals surface area (Å²) in [4.78, 5) is 35.2. The second-order valence-corrected chi connectivity index (χ2v) is 6.47. The number of carbonyl (C=O) groups is 3. The summed E-state index contributed by atoms with van der Waals surface area (Å²) in [6.45, 7) is 1.62. The number of allylic oxidation sites excluding steroid dienone is 3. The molecule has 0 bridgehead atoms. The number of nitrogens with one attached hydrogen (secondary N) is 1. The molecule has 0 heterocycles. The molecule has 0 saturated carbocycles. The van der Waals surface area contributed by atoms with E-state index in [1.54, 1.807) is 18.2 Å². The molecule has 2 rings (SSSR count). The van der Waals surface area contributed by atoms with Crippen molar-refractivity contribution in [2.24, 2.45) is 0 Å². The van der Waals surface area contributed by atoms with E-state index < -0.39 is 18.0 Å². The summed E-state index contributed by atoms with van der Waals surface area (Å²) in [5.74, 6) is 3.35. The Morgan fingerprint density at radius 1 is 1.25 bits per heavy atom. The normalized spacial score (nSPS) is 13.4. The van der Waals surface area contributed by atoms with Crippen LogP contribution in [0.5, 0.6) is 0 Å². The number of hydrogen-bond donors (Lipinski definition) is 2. The number of aryl methyl sites for hydroxylation is 2. The highest BCUT2D eigenvalue weighted by molar-refractivity contribution is 5.83. The van der Waals surface area contributed by atoms with Crippen LogP contribution in [-0.2, 0) is 25.5 Å². The smallest absolute Gasteiger partial charge is 0.345 e. The molecule has 0 saturated heterocycles. The average Bonchev–Trinajstić information content (AvgIpc) is 2.94. The summed E-state index contributed by atoms with van der Waals surface area (Å²) >= 11 is 0. The van der Waals surface area contributed by atoms with Crippen LogP contribution in [0, 0.1) is 18.8 Å². The van der Waals surface area contributed by atoms with Crippen LogP contribution in [0.1, 0.15) is 30.4 Å². The molecule has 1 aromatic carbocycles. The molecule has 28 heavy (non-hydrogen) atoms. The van der Waals surface area contributed by atoms with Crippen molar-refractivity contribution in [3.05, 3.63) is 59.2 Å². The number of esters is 1. The number of amides is 1. The van der Waals surface area contributed by atoms with Gasteiger partial charge in [0, 0.05) is 19.3 Å². The van der Waals surface area contributed by atoms with E-state index in [-0.39, 0.29) is 25.3 Å². The van der Waals surface area contributed by atoms with E-state index in [0.29, 0.717) is 12.8 Å². The van der Waals surface area contributed by atoms with Gasteiger partial charge in [0.25, 0.3) is 0 Å². The number of carbonyl (C=O) groups excluding carboxylic acids is 2. The predicted octanol–water partition coefficient (Wildman–Crippen LogP) is 2.32. The Kier molecular flexibility index (Phi) is 8.04. The van der Waals surface area contributed by atoms with Crippen molar-refractivity contribution < 1.29 is 24.2 Å². The highest BCUT2D eigenvalue weighted by Gasteiger charge is 2.23. The predicted molar refractivity (Wildman–Crippen MR) is 104 cm³/mol. The zero-order valence-electron chi connectivity index (χ0n) is 15.7. The number of rotatable bonds is 9. The quantitative estimate of drug-likeness (QED) is 0.506. The molecule has 1 aromatic rings. The molecule has 1 aliphatic carbocycles. The number of ether oxygens (including phenoxy) is 1. The van der Waals surface area contributed by atoms with E-state index in [0.717, 1.165) is 16.7 Å². The van der Waals surface area contributed by atoms with Crippen LogP contribution in [0.3, 0.4) is 0 Å². The lowest BCUT2D eigenvalue weighted by Gasteiger charge is -2.15. The molecule has 1 atom stereocenters. The maximum absolute atomic E-state index is 11.9. The number of carboxylic acids is 1. The van der Waals surface area contributed by atoms with Gasteiger partial charge in [-0.2, -0.15) is 0 Å². The first-order valence-corrected chi connectivity index (χ1v) is 9.01. The van der Waals surface area contributed by atoms with Crippen LogP contribution >= 0.6 is 0 Å². The molecule has 0 aliphatic heterocycles. The Hall–Kier alpha value is -3.33. The second kappa shape index (κ2) is 10.7.